The third-order valence-corrected chi connectivity index (χ3v) is 4.23. The molecule has 2 saturated heterocycles. The SMILES string of the molecule is [CH2]CC1CCN(CCCC2CCOC2)CC1. The number of likely N-dealkylation sites (tertiary alicyclic amines) is 1. The third kappa shape index (κ3) is 3.74. The first-order chi connectivity index (χ1) is 7.88. The predicted octanol–water partition coefficient (Wildman–Crippen LogP) is 2.74. The highest BCUT2D eigenvalue weighted by Crippen LogP contribution is 2.21. The largest absolute Gasteiger partial charge is 0.381 e. The van der Waals surface area contributed by atoms with Crippen LogP contribution in [0.1, 0.15) is 38.5 Å². The van der Waals surface area contributed by atoms with Gasteiger partial charge in [-0.3, -0.25) is 0 Å². The van der Waals surface area contributed by atoms with Crippen LogP contribution < -0.4 is 0 Å². The summed E-state index contributed by atoms with van der Waals surface area (Å²) in [6.45, 7) is 9.95. The number of rotatable bonds is 5. The molecule has 0 aromatic carbocycles. The summed E-state index contributed by atoms with van der Waals surface area (Å²) in [5.41, 5.74) is 0. The van der Waals surface area contributed by atoms with Crippen molar-refractivity contribution < 1.29 is 4.74 Å². The van der Waals surface area contributed by atoms with Crippen molar-refractivity contribution in [2.45, 2.75) is 38.5 Å². The first-order valence-electron chi connectivity index (χ1n) is 6.98. The smallest absolute Gasteiger partial charge is 0.0495 e. The van der Waals surface area contributed by atoms with Gasteiger partial charge in [0.05, 0.1) is 0 Å². The molecule has 2 nitrogen and oxygen atoms in total. The molecule has 0 bridgehead atoms. The Morgan fingerprint density at radius 3 is 2.56 bits per heavy atom. The molecular formula is C14H26NO. The Morgan fingerprint density at radius 1 is 1.12 bits per heavy atom. The second-order valence-corrected chi connectivity index (χ2v) is 5.45. The molecule has 1 atom stereocenters. The predicted molar refractivity (Wildman–Crippen MR) is 67.3 cm³/mol. The first kappa shape index (κ1) is 12.4. The van der Waals surface area contributed by atoms with E-state index in [-0.39, 0.29) is 0 Å². The van der Waals surface area contributed by atoms with Gasteiger partial charge >= 0.3 is 0 Å². The Kier molecular flexibility index (Phi) is 5.11. The van der Waals surface area contributed by atoms with Crippen molar-refractivity contribution in [3.8, 4) is 0 Å². The molecule has 2 fully saturated rings. The fraction of sp³-hybridized carbons (Fsp3) is 0.929. The van der Waals surface area contributed by atoms with Gasteiger partial charge in [0.25, 0.3) is 0 Å². The Balaban J connectivity index is 1.53. The fourth-order valence-electron chi connectivity index (χ4n) is 2.91. The molecular weight excluding hydrogens is 198 g/mol. The zero-order chi connectivity index (χ0) is 11.2. The summed E-state index contributed by atoms with van der Waals surface area (Å²) in [5.74, 6) is 1.76. The van der Waals surface area contributed by atoms with Crippen molar-refractivity contribution in [3.05, 3.63) is 6.92 Å². The molecule has 2 heterocycles. The average Bonchev–Trinajstić information content (AvgIpc) is 2.83. The van der Waals surface area contributed by atoms with Crippen LogP contribution in [0.4, 0.5) is 0 Å². The molecule has 16 heavy (non-hydrogen) atoms. The van der Waals surface area contributed by atoms with Crippen LogP contribution in [0.5, 0.6) is 0 Å². The van der Waals surface area contributed by atoms with Crippen LogP contribution in [0.3, 0.4) is 0 Å². The van der Waals surface area contributed by atoms with Gasteiger partial charge in [-0.05, 0) is 63.6 Å². The van der Waals surface area contributed by atoms with E-state index in [9.17, 15) is 0 Å². The molecule has 2 heteroatoms. The van der Waals surface area contributed by atoms with E-state index in [0.717, 1.165) is 31.5 Å². The summed E-state index contributed by atoms with van der Waals surface area (Å²) in [4.78, 5) is 2.64. The van der Waals surface area contributed by atoms with Gasteiger partial charge in [0.15, 0.2) is 0 Å². The van der Waals surface area contributed by atoms with Gasteiger partial charge in [0.1, 0.15) is 0 Å². The van der Waals surface area contributed by atoms with E-state index in [1.165, 1.54) is 51.7 Å². The fourth-order valence-corrected chi connectivity index (χ4v) is 2.91. The van der Waals surface area contributed by atoms with Gasteiger partial charge in [-0.1, -0.05) is 13.3 Å². The van der Waals surface area contributed by atoms with E-state index in [0.29, 0.717) is 0 Å². The summed E-state index contributed by atoms with van der Waals surface area (Å²) < 4.78 is 5.41. The molecule has 0 aromatic heterocycles. The molecule has 0 saturated carbocycles. The molecule has 2 rings (SSSR count). The molecule has 0 N–H and O–H groups in total. The van der Waals surface area contributed by atoms with Gasteiger partial charge in [-0.2, -0.15) is 0 Å². The monoisotopic (exact) mass is 224 g/mol. The van der Waals surface area contributed by atoms with Crippen molar-refractivity contribution in [3.63, 3.8) is 0 Å². The Morgan fingerprint density at radius 2 is 1.94 bits per heavy atom. The standard InChI is InChI=1S/C14H26NO/c1-2-13-5-9-15(10-6-13)8-3-4-14-7-11-16-12-14/h13-14H,1-12H2. The number of nitrogens with zero attached hydrogens (tertiary/aromatic N) is 1. The second kappa shape index (κ2) is 6.61. The lowest BCUT2D eigenvalue weighted by atomic mass is 9.94. The van der Waals surface area contributed by atoms with Crippen LogP contribution in [-0.4, -0.2) is 37.7 Å². The quantitative estimate of drug-likeness (QED) is 0.712. The van der Waals surface area contributed by atoms with E-state index >= 15 is 0 Å². The van der Waals surface area contributed by atoms with Crippen LogP contribution in [0, 0.1) is 18.8 Å². The third-order valence-electron chi connectivity index (χ3n) is 4.23. The van der Waals surface area contributed by atoms with Crippen molar-refractivity contribution in [1.82, 2.24) is 4.90 Å². The van der Waals surface area contributed by atoms with Crippen LogP contribution in [0.2, 0.25) is 0 Å². The summed E-state index contributed by atoms with van der Waals surface area (Å²) in [7, 11) is 0. The van der Waals surface area contributed by atoms with Crippen LogP contribution in [0.25, 0.3) is 0 Å². The number of piperidine rings is 1. The lowest BCUT2D eigenvalue weighted by Crippen LogP contribution is -2.34. The topological polar surface area (TPSA) is 12.5 Å². The summed E-state index contributed by atoms with van der Waals surface area (Å²) in [5, 5.41) is 0. The van der Waals surface area contributed by atoms with Gasteiger partial charge in [0, 0.05) is 13.2 Å². The maximum atomic E-state index is 5.41. The van der Waals surface area contributed by atoms with Gasteiger partial charge < -0.3 is 9.64 Å². The Hall–Kier alpha value is -0.0800. The van der Waals surface area contributed by atoms with Gasteiger partial charge in [-0.15, -0.1) is 0 Å². The van der Waals surface area contributed by atoms with E-state index in [2.05, 4.69) is 11.8 Å². The second-order valence-electron chi connectivity index (χ2n) is 5.45. The highest BCUT2D eigenvalue weighted by molar-refractivity contribution is 4.73. The minimum Gasteiger partial charge on any atom is -0.381 e. The van der Waals surface area contributed by atoms with Crippen molar-refractivity contribution >= 4 is 0 Å². The van der Waals surface area contributed by atoms with Crippen molar-refractivity contribution in [2.75, 3.05) is 32.8 Å². The highest BCUT2D eigenvalue weighted by Gasteiger charge is 2.19. The number of ether oxygens (including phenoxy) is 1. The van der Waals surface area contributed by atoms with E-state index in [1.54, 1.807) is 0 Å². The summed E-state index contributed by atoms with van der Waals surface area (Å²) in [6.07, 6.45) is 7.90. The number of hydrogen-bond donors (Lipinski definition) is 0. The van der Waals surface area contributed by atoms with Crippen molar-refractivity contribution in [1.29, 1.82) is 0 Å². The molecule has 2 aliphatic heterocycles. The van der Waals surface area contributed by atoms with E-state index in [4.69, 9.17) is 4.74 Å². The zero-order valence-corrected chi connectivity index (χ0v) is 10.5. The van der Waals surface area contributed by atoms with Crippen LogP contribution >= 0.6 is 0 Å². The zero-order valence-electron chi connectivity index (χ0n) is 10.5. The minimum atomic E-state index is 0.859. The Labute approximate surface area is 100 Å². The van der Waals surface area contributed by atoms with Crippen LogP contribution in [-0.2, 0) is 4.74 Å². The number of hydrogen-bond acceptors (Lipinski definition) is 2. The molecule has 0 aliphatic carbocycles. The minimum absolute atomic E-state index is 0.859. The van der Waals surface area contributed by atoms with Crippen molar-refractivity contribution in [2.24, 2.45) is 11.8 Å². The first-order valence-corrected chi connectivity index (χ1v) is 6.98. The molecule has 0 amide bonds. The molecule has 0 aromatic rings. The van der Waals surface area contributed by atoms with Gasteiger partial charge in [0.2, 0.25) is 0 Å². The maximum absolute atomic E-state index is 5.41. The summed E-state index contributed by atoms with van der Waals surface area (Å²) in [6, 6.07) is 0. The molecule has 1 unspecified atom stereocenters. The average molecular weight is 224 g/mol. The lowest BCUT2D eigenvalue weighted by Gasteiger charge is -2.31. The molecule has 1 radical (unpaired) electrons. The Bertz CT molecular complexity index is 181. The van der Waals surface area contributed by atoms with Crippen LogP contribution in [0.15, 0.2) is 0 Å². The van der Waals surface area contributed by atoms with E-state index < -0.39 is 0 Å². The molecule has 2 aliphatic rings. The molecule has 93 valence electrons. The lowest BCUT2D eigenvalue weighted by molar-refractivity contribution is 0.170. The summed E-state index contributed by atoms with van der Waals surface area (Å²) >= 11 is 0. The highest BCUT2D eigenvalue weighted by atomic mass is 16.5. The maximum Gasteiger partial charge on any atom is 0.0495 e. The van der Waals surface area contributed by atoms with Gasteiger partial charge in [-0.25, -0.2) is 0 Å². The van der Waals surface area contributed by atoms with E-state index in [1.807, 2.05) is 0 Å². The molecule has 0 spiro atoms. The normalized spacial score (nSPS) is 28.7.